The van der Waals surface area contributed by atoms with E-state index >= 15 is 0 Å². The van der Waals surface area contributed by atoms with Crippen LogP contribution < -0.4 is 5.73 Å². The topological polar surface area (TPSA) is 43.8 Å². The number of hydrogen-bond donors (Lipinski definition) is 1. The minimum absolute atomic E-state index is 0.564. The minimum Gasteiger partial charge on any atom is -0.331 e. The Morgan fingerprint density at radius 3 is 3.00 bits per heavy atom. The van der Waals surface area contributed by atoms with Crippen molar-refractivity contribution in [3.63, 3.8) is 0 Å². The molecule has 2 N–H and O–H groups in total. The van der Waals surface area contributed by atoms with Crippen LogP contribution in [0.2, 0.25) is 0 Å². The van der Waals surface area contributed by atoms with Crippen LogP contribution in [0.5, 0.6) is 0 Å². The number of rotatable bonds is 3. The van der Waals surface area contributed by atoms with Gasteiger partial charge in [-0.3, -0.25) is 0 Å². The van der Waals surface area contributed by atoms with E-state index < -0.39 is 0 Å². The summed E-state index contributed by atoms with van der Waals surface area (Å²) < 4.78 is 3.57. The third-order valence-corrected chi connectivity index (χ3v) is 4.61. The number of imidazole rings is 1. The summed E-state index contributed by atoms with van der Waals surface area (Å²) in [6.07, 6.45) is 5.17. The second kappa shape index (κ2) is 5.47. The second-order valence-corrected chi connectivity index (χ2v) is 5.93. The van der Waals surface area contributed by atoms with Gasteiger partial charge in [-0.1, -0.05) is 34.1 Å². The zero-order chi connectivity index (χ0) is 13.2. The molecule has 2 aromatic rings. The van der Waals surface area contributed by atoms with Crippen molar-refractivity contribution < 1.29 is 0 Å². The van der Waals surface area contributed by atoms with Crippen molar-refractivity contribution >= 4 is 15.9 Å². The van der Waals surface area contributed by atoms with Gasteiger partial charge in [0.05, 0.1) is 0 Å². The maximum Gasteiger partial charge on any atom is 0.110 e. The van der Waals surface area contributed by atoms with Crippen LogP contribution in [0, 0.1) is 0 Å². The van der Waals surface area contributed by atoms with E-state index in [0.717, 1.165) is 25.2 Å². The van der Waals surface area contributed by atoms with E-state index in [1.54, 1.807) is 0 Å². The molecular formula is C15H18BrN3. The average molecular weight is 320 g/mol. The van der Waals surface area contributed by atoms with Gasteiger partial charge in [-0.05, 0) is 31.0 Å². The summed E-state index contributed by atoms with van der Waals surface area (Å²) in [4.78, 5) is 4.51. The highest BCUT2D eigenvalue weighted by Gasteiger charge is 2.23. The van der Waals surface area contributed by atoms with E-state index in [9.17, 15) is 0 Å². The first-order valence-corrected chi connectivity index (χ1v) is 7.56. The van der Waals surface area contributed by atoms with E-state index in [1.165, 1.54) is 22.2 Å². The Bertz CT molecular complexity index is 577. The molecule has 1 aromatic heterocycles. The van der Waals surface area contributed by atoms with Crippen molar-refractivity contribution in [3.8, 4) is 0 Å². The van der Waals surface area contributed by atoms with Crippen LogP contribution in [0.25, 0.3) is 0 Å². The first-order chi connectivity index (χ1) is 9.29. The van der Waals surface area contributed by atoms with Gasteiger partial charge < -0.3 is 10.3 Å². The summed E-state index contributed by atoms with van der Waals surface area (Å²) in [6, 6.07) is 8.53. The summed E-state index contributed by atoms with van der Waals surface area (Å²) in [7, 11) is 0. The Morgan fingerprint density at radius 2 is 2.21 bits per heavy atom. The largest absolute Gasteiger partial charge is 0.331 e. The molecule has 1 aromatic carbocycles. The van der Waals surface area contributed by atoms with Gasteiger partial charge in [0.25, 0.3) is 0 Å². The third-order valence-electron chi connectivity index (χ3n) is 3.89. The van der Waals surface area contributed by atoms with Crippen molar-refractivity contribution in [3.05, 3.63) is 52.0 Å². The predicted molar refractivity (Wildman–Crippen MR) is 80.2 cm³/mol. The first-order valence-electron chi connectivity index (χ1n) is 6.77. The van der Waals surface area contributed by atoms with Gasteiger partial charge in [-0.2, -0.15) is 0 Å². The highest BCUT2D eigenvalue weighted by atomic mass is 79.9. The van der Waals surface area contributed by atoms with Gasteiger partial charge in [0.15, 0.2) is 0 Å². The molecule has 1 unspecified atom stereocenters. The first kappa shape index (κ1) is 12.9. The van der Waals surface area contributed by atoms with Gasteiger partial charge in [0, 0.05) is 35.2 Å². The van der Waals surface area contributed by atoms with E-state index in [0.29, 0.717) is 12.5 Å². The lowest BCUT2D eigenvalue weighted by Gasteiger charge is -2.26. The maximum absolute atomic E-state index is 5.66. The molecule has 1 aliphatic rings. The zero-order valence-electron chi connectivity index (χ0n) is 10.8. The highest BCUT2D eigenvalue weighted by Crippen LogP contribution is 2.33. The zero-order valence-corrected chi connectivity index (χ0v) is 12.4. The van der Waals surface area contributed by atoms with Crippen LogP contribution in [0.4, 0.5) is 0 Å². The lowest BCUT2D eigenvalue weighted by molar-refractivity contribution is 0.450. The summed E-state index contributed by atoms with van der Waals surface area (Å²) in [5.41, 5.74) is 8.42. The second-order valence-electron chi connectivity index (χ2n) is 5.07. The van der Waals surface area contributed by atoms with Gasteiger partial charge in [0.2, 0.25) is 0 Å². The smallest absolute Gasteiger partial charge is 0.110 e. The quantitative estimate of drug-likeness (QED) is 0.945. The number of halogens is 1. The van der Waals surface area contributed by atoms with Crippen molar-refractivity contribution in [1.29, 1.82) is 0 Å². The molecule has 4 heteroatoms. The van der Waals surface area contributed by atoms with Gasteiger partial charge in [-0.25, -0.2) is 4.98 Å². The predicted octanol–water partition coefficient (Wildman–Crippen LogP) is 2.88. The van der Waals surface area contributed by atoms with E-state index in [-0.39, 0.29) is 0 Å². The molecular weight excluding hydrogens is 302 g/mol. The molecule has 0 bridgehead atoms. The normalized spacial score (nSPS) is 18.3. The molecule has 0 saturated carbocycles. The Kier molecular flexibility index (Phi) is 3.71. The average Bonchev–Trinajstić information content (AvgIpc) is 2.82. The number of aryl methyl sites for hydroxylation is 1. The van der Waals surface area contributed by atoms with Crippen LogP contribution in [-0.4, -0.2) is 16.1 Å². The lowest BCUT2D eigenvalue weighted by Crippen LogP contribution is -2.21. The van der Waals surface area contributed by atoms with Gasteiger partial charge >= 0.3 is 0 Å². The van der Waals surface area contributed by atoms with Gasteiger partial charge in [-0.15, -0.1) is 0 Å². The third kappa shape index (κ3) is 2.47. The number of hydrogen-bond acceptors (Lipinski definition) is 2. The number of nitrogens with zero attached hydrogens (tertiary/aromatic N) is 2. The molecule has 2 heterocycles. The molecule has 3 rings (SSSR count). The summed E-state index contributed by atoms with van der Waals surface area (Å²) in [5.74, 6) is 1.70. The van der Waals surface area contributed by atoms with Crippen LogP contribution in [0.15, 0.2) is 34.9 Å². The molecule has 0 fully saturated rings. The fraction of sp³-hybridized carbons (Fsp3) is 0.400. The molecule has 0 amide bonds. The molecule has 19 heavy (non-hydrogen) atoms. The molecule has 0 saturated heterocycles. The lowest BCUT2D eigenvalue weighted by atomic mass is 9.91. The van der Waals surface area contributed by atoms with Crippen LogP contribution in [-0.2, 0) is 19.4 Å². The minimum atomic E-state index is 0.564. The van der Waals surface area contributed by atoms with Crippen molar-refractivity contribution in [2.75, 3.05) is 6.54 Å². The molecule has 1 atom stereocenters. The number of nitrogens with two attached hydrogens (primary N) is 1. The Hall–Kier alpha value is -1.13. The van der Waals surface area contributed by atoms with Crippen LogP contribution >= 0.6 is 15.9 Å². The van der Waals surface area contributed by atoms with Crippen molar-refractivity contribution in [1.82, 2.24) is 9.55 Å². The van der Waals surface area contributed by atoms with Crippen molar-refractivity contribution in [2.24, 2.45) is 5.73 Å². The molecule has 0 radical (unpaired) electrons. The summed E-state index contributed by atoms with van der Waals surface area (Å²) >= 11 is 3.67. The number of fused-ring (bicyclic) bond motifs is 1. The molecule has 100 valence electrons. The maximum atomic E-state index is 5.66. The standard InChI is InChI=1S/C15H18BrN3/c16-14-4-2-1-3-13(14)11-5-6-12-9-18-15(7-8-17)19(12)10-11/h1-4,9,11H,5-8,10,17H2. The molecule has 1 aliphatic heterocycles. The Labute approximate surface area is 122 Å². The van der Waals surface area contributed by atoms with Crippen LogP contribution in [0.1, 0.15) is 29.4 Å². The fourth-order valence-electron chi connectivity index (χ4n) is 2.90. The number of aromatic nitrogens is 2. The Morgan fingerprint density at radius 1 is 1.37 bits per heavy atom. The fourth-order valence-corrected chi connectivity index (χ4v) is 3.51. The van der Waals surface area contributed by atoms with E-state index in [4.69, 9.17) is 5.73 Å². The summed E-state index contributed by atoms with van der Waals surface area (Å²) in [5, 5.41) is 0. The molecule has 0 spiro atoms. The molecule has 0 aliphatic carbocycles. The molecule has 3 nitrogen and oxygen atoms in total. The highest BCUT2D eigenvalue weighted by molar-refractivity contribution is 9.10. The van der Waals surface area contributed by atoms with Crippen LogP contribution in [0.3, 0.4) is 0 Å². The number of benzene rings is 1. The summed E-state index contributed by atoms with van der Waals surface area (Å²) in [6.45, 7) is 1.68. The monoisotopic (exact) mass is 319 g/mol. The van der Waals surface area contributed by atoms with E-state index in [2.05, 4.69) is 49.7 Å². The Balaban J connectivity index is 1.89. The SMILES string of the molecule is NCCc1ncc2n1CC(c1ccccc1Br)CC2. The van der Waals surface area contributed by atoms with E-state index in [1.807, 2.05) is 6.20 Å². The van der Waals surface area contributed by atoms with Gasteiger partial charge in [0.1, 0.15) is 5.82 Å². The van der Waals surface area contributed by atoms with Crippen molar-refractivity contribution in [2.45, 2.75) is 31.7 Å².